The van der Waals surface area contributed by atoms with Gasteiger partial charge in [-0.3, -0.25) is 0 Å². The number of aliphatic hydroxyl groups is 1. The minimum atomic E-state index is -2.20. The third kappa shape index (κ3) is 8.36. The highest BCUT2D eigenvalue weighted by atomic mass is 28.4. The fourth-order valence-corrected chi connectivity index (χ4v) is 4.36. The van der Waals surface area contributed by atoms with Gasteiger partial charge in [0, 0.05) is 0 Å². The summed E-state index contributed by atoms with van der Waals surface area (Å²) >= 11 is 0. The first-order valence-electron chi connectivity index (χ1n) is 11.3. The molecule has 0 fully saturated rings. The van der Waals surface area contributed by atoms with Gasteiger partial charge in [0.25, 0.3) is 0 Å². The van der Waals surface area contributed by atoms with E-state index in [2.05, 4.69) is 47.4 Å². The number of benzene rings is 1. The van der Waals surface area contributed by atoms with Crippen molar-refractivity contribution in [2.45, 2.75) is 103 Å². The average Bonchev–Trinajstić information content (AvgIpc) is 2.70. The van der Waals surface area contributed by atoms with Crippen LogP contribution in [0.15, 0.2) is 43.0 Å². The molecule has 0 spiro atoms. The second-order valence-corrected chi connectivity index (χ2v) is 14.3. The molecule has 0 unspecified atom stereocenters. The maximum atomic E-state index is 12.8. The lowest BCUT2D eigenvalue weighted by Gasteiger charge is -2.42. The molecule has 30 heavy (non-hydrogen) atoms. The van der Waals surface area contributed by atoms with Crippen molar-refractivity contribution in [3.05, 3.63) is 48.6 Å². The predicted molar refractivity (Wildman–Crippen MR) is 127 cm³/mol. The normalized spacial score (nSPS) is 15.3. The second kappa shape index (κ2) is 12.4. The Hall–Kier alpha value is -1.43. The minimum absolute atomic E-state index is 0.0265. The summed E-state index contributed by atoms with van der Waals surface area (Å²) in [5, 5.41) is 10.7. The molecule has 1 rings (SSSR count). The maximum absolute atomic E-state index is 12.8. The summed E-state index contributed by atoms with van der Waals surface area (Å²) in [6.45, 7) is 16.7. The lowest BCUT2D eigenvalue weighted by molar-refractivity contribution is -0.0530. The smallest absolute Gasteiger partial charge is 0.338 e. The van der Waals surface area contributed by atoms with Crippen LogP contribution in [0.3, 0.4) is 0 Å². The largest absolute Gasteiger partial charge is 0.456 e. The van der Waals surface area contributed by atoms with Gasteiger partial charge in [-0.2, -0.15) is 0 Å². The molecule has 0 amide bonds. The van der Waals surface area contributed by atoms with Gasteiger partial charge in [-0.1, -0.05) is 77.7 Å². The molecule has 1 aromatic rings. The van der Waals surface area contributed by atoms with Gasteiger partial charge < -0.3 is 14.3 Å². The average molecular weight is 435 g/mol. The molecule has 1 aromatic carbocycles. The van der Waals surface area contributed by atoms with Crippen LogP contribution in [0.4, 0.5) is 0 Å². The zero-order valence-electron chi connectivity index (χ0n) is 19.8. The van der Waals surface area contributed by atoms with Crippen molar-refractivity contribution in [3.8, 4) is 0 Å². The first-order chi connectivity index (χ1) is 14.0. The van der Waals surface area contributed by atoms with Gasteiger partial charge in [0.05, 0.1) is 5.56 Å². The van der Waals surface area contributed by atoms with Gasteiger partial charge in [0.15, 0.2) is 8.32 Å². The van der Waals surface area contributed by atoms with E-state index in [9.17, 15) is 9.90 Å². The van der Waals surface area contributed by atoms with Crippen LogP contribution in [0.1, 0.15) is 76.6 Å². The molecule has 0 bridgehead atoms. The van der Waals surface area contributed by atoms with Gasteiger partial charge in [0.2, 0.25) is 0 Å². The fraction of sp³-hybridized carbons (Fsp3) is 0.640. The molecule has 0 aromatic heterocycles. The Morgan fingerprint density at radius 1 is 1.13 bits per heavy atom. The lowest BCUT2D eigenvalue weighted by Crippen LogP contribution is -2.51. The summed E-state index contributed by atoms with van der Waals surface area (Å²) in [6, 6.07) is 8.99. The third-order valence-electron chi connectivity index (χ3n) is 6.04. The Balaban J connectivity index is 3.07. The Kier molecular flexibility index (Phi) is 11.0. The van der Waals surface area contributed by atoms with E-state index in [0.29, 0.717) is 12.0 Å². The Bertz CT molecular complexity index is 636. The predicted octanol–water partition coefficient (Wildman–Crippen LogP) is 6.51. The van der Waals surface area contributed by atoms with E-state index >= 15 is 0 Å². The summed E-state index contributed by atoms with van der Waals surface area (Å²) in [7, 11) is -2.20. The van der Waals surface area contributed by atoms with E-state index in [1.54, 1.807) is 12.1 Å². The summed E-state index contributed by atoms with van der Waals surface area (Å²) < 4.78 is 12.5. The summed E-state index contributed by atoms with van der Waals surface area (Å²) in [5.74, 6) is -0.380. The van der Waals surface area contributed by atoms with E-state index in [4.69, 9.17) is 9.16 Å². The summed E-state index contributed by atoms with van der Waals surface area (Å²) in [6.07, 6.45) is 5.63. The molecular weight excluding hydrogens is 392 g/mol. The number of hydrogen-bond acceptors (Lipinski definition) is 4. The highest BCUT2D eigenvalue weighted by Gasteiger charge is 2.43. The van der Waals surface area contributed by atoms with Gasteiger partial charge in [-0.15, -0.1) is 6.58 Å². The van der Waals surface area contributed by atoms with Crippen LogP contribution in [-0.2, 0) is 9.16 Å². The van der Waals surface area contributed by atoms with Crippen molar-refractivity contribution in [3.63, 3.8) is 0 Å². The SMILES string of the molecule is C=C[C@H](O)[C@H](O[Si](C)(C)C(C)(C)C)[C@@H](CCCCCCC)OC(=O)c1ccccc1. The third-order valence-corrected chi connectivity index (χ3v) is 10.5. The fourth-order valence-electron chi connectivity index (χ4n) is 3.04. The van der Waals surface area contributed by atoms with Crippen LogP contribution >= 0.6 is 0 Å². The van der Waals surface area contributed by atoms with Crippen molar-refractivity contribution < 1.29 is 19.1 Å². The topological polar surface area (TPSA) is 55.8 Å². The summed E-state index contributed by atoms with van der Waals surface area (Å²) in [5.41, 5.74) is 0.507. The number of hydrogen-bond donors (Lipinski definition) is 1. The van der Waals surface area contributed by atoms with Gasteiger partial charge in [-0.25, -0.2) is 4.79 Å². The molecule has 0 aliphatic carbocycles. The molecule has 0 radical (unpaired) electrons. The zero-order chi connectivity index (χ0) is 22.8. The summed E-state index contributed by atoms with van der Waals surface area (Å²) in [4.78, 5) is 12.8. The van der Waals surface area contributed by atoms with E-state index in [1.807, 2.05) is 18.2 Å². The van der Waals surface area contributed by atoms with E-state index in [-0.39, 0.29) is 11.0 Å². The van der Waals surface area contributed by atoms with Crippen molar-refractivity contribution in [2.75, 3.05) is 0 Å². The first-order valence-corrected chi connectivity index (χ1v) is 14.2. The van der Waals surface area contributed by atoms with Gasteiger partial charge in [-0.05, 0) is 43.1 Å². The first kappa shape index (κ1) is 26.6. The van der Waals surface area contributed by atoms with Crippen molar-refractivity contribution in [2.24, 2.45) is 0 Å². The molecule has 5 heteroatoms. The highest BCUT2D eigenvalue weighted by Crippen LogP contribution is 2.38. The molecule has 4 nitrogen and oxygen atoms in total. The van der Waals surface area contributed by atoms with Crippen molar-refractivity contribution >= 4 is 14.3 Å². The molecule has 3 atom stereocenters. The lowest BCUT2D eigenvalue weighted by atomic mass is 10.0. The zero-order valence-corrected chi connectivity index (χ0v) is 20.8. The van der Waals surface area contributed by atoms with Crippen LogP contribution in [0.5, 0.6) is 0 Å². The highest BCUT2D eigenvalue weighted by molar-refractivity contribution is 6.74. The molecule has 0 aliphatic heterocycles. The Morgan fingerprint density at radius 2 is 1.73 bits per heavy atom. The second-order valence-electron chi connectivity index (χ2n) is 9.58. The van der Waals surface area contributed by atoms with Crippen LogP contribution in [0, 0.1) is 0 Å². The molecular formula is C25H42O4Si. The maximum Gasteiger partial charge on any atom is 0.338 e. The number of carbonyl (C=O) groups excluding carboxylic acids is 1. The van der Waals surface area contributed by atoms with Gasteiger partial charge >= 0.3 is 5.97 Å². The van der Waals surface area contributed by atoms with Crippen LogP contribution in [0.2, 0.25) is 18.1 Å². The van der Waals surface area contributed by atoms with Gasteiger partial charge in [0.1, 0.15) is 18.3 Å². The molecule has 0 heterocycles. The van der Waals surface area contributed by atoms with E-state index in [1.165, 1.54) is 18.9 Å². The molecule has 0 saturated carbocycles. The number of carbonyl (C=O) groups is 1. The number of unbranched alkanes of at least 4 members (excludes halogenated alkanes) is 4. The van der Waals surface area contributed by atoms with Crippen LogP contribution < -0.4 is 0 Å². The molecule has 1 N–H and O–H groups in total. The molecule has 170 valence electrons. The van der Waals surface area contributed by atoms with E-state index in [0.717, 1.165) is 19.3 Å². The monoisotopic (exact) mass is 434 g/mol. The standard InChI is InChI=1S/C25H42O4Si/c1-8-10-11-12-16-19-22(28-24(27)20-17-14-13-15-18-20)23(21(26)9-2)29-30(6,7)25(3,4)5/h9,13-15,17-18,21-23,26H,2,8,10-12,16,19H2,1,3-7H3/t21-,22+,23-/m0/s1. The van der Waals surface area contributed by atoms with Crippen molar-refractivity contribution in [1.82, 2.24) is 0 Å². The minimum Gasteiger partial charge on any atom is -0.456 e. The Labute approximate surface area is 184 Å². The number of esters is 1. The Morgan fingerprint density at radius 3 is 2.27 bits per heavy atom. The van der Waals surface area contributed by atoms with E-state index < -0.39 is 26.6 Å². The molecule has 0 aliphatic rings. The molecule has 0 saturated heterocycles. The van der Waals surface area contributed by atoms with Crippen LogP contribution in [-0.4, -0.2) is 37.7 Å². The van der Waals surface area contributed by atoms with Crippen molar-refractivity contribution in [1.29, 1.82) is 0 Å². The number of aliphatic hydroxyl groups excluding tert-OH is 1. The van der Waals surface area contributed by atoms with Crippen LogP contribution in [0.25, 0.3) is 0 Å². The number of ether oxygens (including phenoxy) is 1. The number of rotatable bonds is 13. The quantitative estimate of drug-likeness (QED) is 0.166.